The minimum Gasteiger partial charge on any atom is -0.436 e. The predicted octanol–water partition coefficient (Wildman–Crippen LogP) is 9.46. The monoisotopic (exact) mass is 827 g/mol. The van der Waals surface area contributed by atoms with E-state index in [0.29, 0.717) is 0 Å². The van der Waals surface area contributed by atoms with Gasteiger partial charge in [0, 0.05) is 0 Å². The lowest BCUT2D eigenvalue weighted by atomic mass is 10.2. The Bertz CT molecular complexity index is 1160. The third-order valence-corrected chi connectivity index (χ3v) is 41.1. The van der Waals surface area contributed by atoms with Crippen LogP contribution >= 0.6 is 0 Å². The smallest absolute Gasteiger partial charge is 0.360 e. The van der Waals surface area contributed by atoms with Crippen LogP contribution in [0.15, 0.2) is 36.0 Å². The molecule has 0 aliphatic heterocycles. The quantitative estimate of drug-likeness (QED) is 0.120. The summed E-state index contributed by atoms with van der Waals surface area (Å²) in [5.74, 6) is 0. The first kappa shape index (κ1) is 45.8. The van der Waals surface area contributed by atoms with Crippen molar-refractivity contribution in [3.05, 3.63) is 41.6 Å². The van der Waals surface area contributed by atoms with Crippen LogP contribution in [0.3, 0.4) is 0 Å². The van der Waals surface area contributed by atoms with Crippen molar-refractivity contribution in [1.29, 1.82) is 0 Å². The van der Waals surface area contributed by atoms with Crippen molar-refractivity contribution in [2.75, 3.05) is 0 Å². The van der Waals surface area contributed by atoms with Crippen LogP contribution in [0.2, 0.25) is 131 Å². The van der Waals surface area contributed by atoms with Crippen LogP contribution < -0.4 is 0 Å². The fourth-order valence-electron chi connectivity index (χ4n) is 6.02. The van der Waals surface area contributed by atoms with E-state index in [2.05, 4.69) is 155 Å². The van der Waals surface area contributed by atoms with E-state index in [0.717, 1.165) is 0 Å². The molecule has 47 heavy (non-hydrogen) atoms. The van der Waals surface area contributed by atoms with E-state index in [1.807, 2.05) is 18.2 Å². The predicted molar refractivity (Wildman–Crippen MR) is 220 cm³/mol. The van der Waals surface area contributed by atoms with Crippen molar-refractivity contribution in [2.24, 2.45) is 0 Å². The average Bonchev–Trinajstić information content (AvgIpc) is 2.70. The second kappa shape index (κ2) is 16.6. The fourth-order valence-corrected chi connectivity index (χ4v) is 50.9. The maximum absolute atomic E-state index is 6.78. The molecule has 0 N–H and O–H groups in total. The second-order valence-electron chi connectivity index (χ2n) is 16.7. The van der Waals surface area contributed by atoms with E-state index < -0.39 is 85.8 Å². The Morgan fingerprint density at radius 1 is 0.426 bits per heavy atom. The number of hydrogen-bond acceptors (Lipinski definition) is 9. The summed E-state index contributed by atoms with van der Waals surface area (Å²) in [7, 11) is -23.4. The standard InChI is InChI=1S/C28H67O9Si10/c1-38(29-39(2,3)4)30-41(7,8)32-43(11,12)34-45(15,16)36-47(19,20)37-46(17,18)35-44(13,14)33-42(9,10)31-40(5,6)27-26-28-24-22-21-23-25-28/h21-27H,1-20H3. The molecule has 0 spiro atoms. The van der Waals surface area contributed by atoms with Crippen molar-refractivity contribution < 1.29 is 37.0 Å². The molecule has 0 saturated carbocycles. The lowest BCUT2D eigenvalue weighted by Gasteiger charge is -2.44. The van der Waals surface area contributed by atoms with E-state index in [-0.39, 0.29) is 0 Å². The summed E-state index contributed by atoms with van der Waals surface area (Å²) < 4.78 is 59.8. The Kier molecular flexibility index (Phi) is 16.2. The topological polar surface area (TPSA) is 83.1 Å². The maximum Gasteiger partial charge on any atom is 0.360 e. The van der Waals surface area contributed by atoms with Crippen LogP contribution in [0.25, 0.3) is 6.08 Å². The minimum atomic E-state index is -2.67. The Labute approximate surface area is 299 Å². The van der Waals surface area contributed by atoms with Gasteiger partial charge in [-0.15, -0.1) is 0 Å². The minimum absolute atomic E-state index is 1.17. The van der Waals surface area contributed by atoms with Crippen LogP contribution in [0.4, 0.5) is 0 Å². The van der Waals surface area contributed by atoms with Gasteiger partial charge in [0.2, 0.25) is 8.32 Å². The summed E-state index contributed by atoms with van der Waals surface area (Å²) >= 11 is 0. The van der Waals surface area contributed by atoms with Gasteiger partial charge in [0.1, 0.15) is 0 Å². The zero-order valence-corrected chi connectivity index (χ0v) is 43.2. The normalized spacial score (nSPS) is 15.3. The third-order valence-electron chi connectivity index (χ3n) is 5.77. The first-order valence-electron chi connectivity index (χ1n) is 16.5. The van der Waals surface area contributed by atoms with E-state index in [1.165, 1.54) is 5.56 Å². The SMILES string of the molecule is C[Si](O[Si](C)(C)C)O[Si](C)(C)O[Si](C)(C)O[Si](C)(C)O[Si](C)(C)O[Si](C)(C)O[Si](C)(C)O[Si](C)(C)O[Si](C)(C)C=Cc1ccccc1. The molecule has 0 atom stereocenters. The molecule has 1 aromatic rings. The molecule has 1 rings (SSSR count). The van der Waals surface area contributed by atoms with Crippen LogP contribution in [-0.4, -0.2) is 85.8 Å². The molecular weight excluding hydrogens is 761 g/mol. The molecule has 0 saturated heterocycles. The third kappa shape index (κ3) is 21.0. The van der Waals surface area contributed by atoms with Crippen molar-refractivity contribution in [2.45, 2.75) is 131 Å². The van der Waals surface area contributed by atoms with E-state index in [9.17, 15) is 0 Å². The highest BCUT2D eigenvalue weighted by Gasteiger charge is 2.49. The molecule has 0 unspecified atom stereocenters. The Morgan fingerprint density at radius 3 is 1.09 bits per heavy atom. The summed E-state index contributed by atoms with van der Waals surface area (Å²) in [5.41, 5.74) is 3.40. The Morgan fingerprint density at radius 2 is 0.745 bits per heavy atom. The molecule has 0 bridgehead atoms. The second-order valence-corrected chi connectivity index (χ2v) is 52.4. The van der Waals surface area contributed by atoms with E-state index in [1.54, 1.807) is 0 Å². The van der Waals surface area contributed by atoms with Crippen molar-refractivity contribution in [3.8, 4) is 0 Å². The van der Waals surface area contributed by atoms with E-state index in [4.69, 9.17) is 37.0 Å². The molecular formula is C28H67O9Si10. The molecule has 0 amide bonds. The summed E-state index contributed by atoms with van der Waals surface area (Å²) in [5, 5.41) is 0. The number of benzene rings is 1. The van der Waals surface area contributed by atoms with Gasteiger partial charge < -0.3 is 37.0 Å². The van der Waals surface area contributed by atoms with Gasteiger partial charge in [0.15, 0.2) is 8.32 Å². The number of rotatable bonds is 20. The summed E-state index contributed by atoms with van der Waals surface area (Å²) in [6.45, 7) is 42.1. The van der Waals surface area contributed by atoms with Crippen molar-refractivity contribution >= 4 is 91.9 Å². The average molecular weight is 829 g/mol. The largest absolute Gasteiger partial charge is 0.436 e. The van der Waals surface area contributed by atoms with Gasteiger partial charge in [0.05, 0.1) is 0 Å². The molecule has 273 valence electrons. The van der Waals surface area contributed by atoms with Crippen molar-refractivity contribution in [3.63, 3.8) is 0 Å². The first-order chi connectivity index (χ1) is 20.6. The van der Waals surface area contributed by atoms with Crippen LogP contribution in [0.5, 0.6) is 0 Å². The molecule has 1 radical (unpaired) electrons. The lowest BCUT2D eigenvalue weighted by Crippen LogP contribution is -2.61. The zero-order valence-electron chi connectivity index (χ0n) is 33.2. The van der Waals surface area contributed by atoms with Gasteiger partial charge in [-0.1, -0.05) is 42.1 Å². The maximum atomic E-state index is 6.78. The molecule has 0 fully saturated rings. The molecule has 0 aliphatic rings. The van der Waals surface area contributed by atoms with Gasteiger partial charge in [-0.25, -0.2) is 0 Å². The highest BCUT2D eigenvalue weighted by Crippen LogP contribution is 2.30. The molecule has 19 heteroatoms. The highest BCUT2D eigenvalue weighted by molar-refractivity contribution is 6.93. The highest BCUT2D eigenvalue weighted by atomic mass is 28.5. The summed E-state index contributed by atoms with van der Waals surface area (Å²) in [6, 6.07) is 10.3. The van der Waals surface area contributed by atoms with Gasteiger partial charge in [-0.3, -0.25) is 0 Å². The zero-order chi connectivity index (χ0) is 37.0. The van der Waals surface area contributed by atoms with Crippen LogP contribution in [0, 0.1) is 0 Å². The van der Waals surface area contributed by atoms with Crippen molar-refractivity contribution in [1.82, 2.24) is 0 Å². The Hall–Kier alpha value is 0.769. The first-order valence-corrected chi connectivity index (χ1v) is 44.4. The lowest BCUT2D eigenvalue weighted by molar-refractivity contribution is 0.259. The number of hydrogen-bond donors (Lipinski definition) is 0. The van der Waals surface area contributed by atoms with Gasteiger partial charge in [-0.05, 0) is 137 Å². The summed E-state index contributed by atoms with van der Waals surface area (Å²) in [4.78, 5) is 0. The van der Waals surface area contributed by atoms with Crippen LogP contribution in [0.1, 0.15) is 5.56 Å². The molecule has 9 nitrogen and oxygen atoms in total. The van der Waals surface area contributed by atoms with Crippen LogP contribution in [-0.2, 0) is 37.0 Å². The van der Waals surface area contributed by atoms with Gasteiger partial charge >= 0.3 is 69.2 Å². The fraction of sp³-hybridized carbons (Fsp3) is 0.714. The molecule has 0 aromatic heterocycles. The molecule has 1 aromatic carbocycles. The van der Waals surface area contributed by atoms with E-state index >= 15 is 0 Å². The molecule has 0 aliphatic carbocycles. The molecule has 0 heterocycles. The Balaban J connectivity index is 2.86. The summed E-state index contributed by atoms with van der Waals surface area (Å²) in [6.07, 6.45) is 2.15. The van der Waals surface area contributed by atoms with Gasteiger partial charge in [0.25, 0.3) is 0 Å². The van der Waals surface area contributed by atoms with Gasteiger partial charge in [-0.2, -0.15) is 0 Å².